The van der Waals surface area contributed by atoms with Gasteiger partial charge in [0, 0.05) is 6.42 Å². The van der Waals surface area contributed by atoms with Crippen molar-refractivity contribution in [2.45, 2.75) is 24.7 Å². The van der Waals surface area contributed by atoms with Gasteiger partial charge < -0.3 is 9.67 Å². The van der Waals surface area contributed by atoms with Crippen molar-refractivity contribution in [3.8, 4) is 0 Å². The summed E-state index contributed by atoms with van der Waals surface area (Å²) in [7, 11) is 0. The van der Waals surface area contributed by atoms with Gasteiger partial charge in [-0.15, -0.1) is 0 Å². The second-order valence-corrected chi connectivity index (χ2v) is 6.48. The van der Waals surface area contributed by atoms with E-state index in [0.717, 1.165) is 6.07 Å². The van der Waals surface area contributed by atoms with Crippen molar-refractivity contribution >= 4 is 27.1 Å². The van der Waals surface area contributed by atoms with Crippen LogP contribution in [0.25, 0.3) is 11.2 Å². The molecule has 24 heavy (non-hydrogen) atoms. The number of rotatable bonds is 1. The summed E-state index contributed by atoms with van der Waals surface area (Å²) in [5.41, 5.74) is 0.412. The normalized spacial score (nSPS) is 20.5. The van der Waals surface area contributed by atoms with Crippen LogP contribution in [0.5, 0.6) is 0 Å². The van der Waals surface area contributed by atoms with Crippen LogP contribution >= 0.6 is 15.9 Å². The molecule has 124 valence electrons. The Balaban J connectivity index is 1.96. The molecule has 2 aromatic heterocycles. The molecule has 1 aliphatic rings. The summed E-state index contributed by atoms with van der Waals surface area (Å²) in [6.45, 7) is 0. The molecule has 2 atom stereocenters. The predicted molar refractivity (Wildman–Crippen MR) is 84.4 cm³/mol. The summed E-state index contributed by atoms with van der Waals surface area (Å²) in [5.74, 6) is 0.345. The smallest absolute Gasteiger partial charge is 0.385 e. The molecule has 0 fully saturated rings. The summed E-state index contributed by atoms with van der Waals surface area (Å²) < 4.78 is 42.3. The number of aromatic nitrogens is 3. The number of hydrogen-bond acceptors (Lipinski definition) is 3. The van der Waals surface area contributed by atoms with Crippen LogP contribution in [-0.2, 0) is 6.18 Å². The molecule has 1 aromatic carbocycles. The topological polar surface area (TPSA) is 50.9 Å². The van der Waals surface area contributed by atoms with Crippen LogP contribution in [0.2, 0.25) is 0 Å². The quantitative estimate of drug-likeness (QED) is 0.624. The highest BCUT2D eigenvalue weighted by atomic mass is 79.9. The molecule has 4 nitrogen and oxygen atoms in total. The molecular formula is C16H11BrF3N3O. The van der Waals surface area contributed by atoms with E-state index in [0.29, 0.717) is 21.6 Å². The van der Waals surface area contributed by atoms with Gasteiger partial charge in [-0.25, -0.2) is 9.97 Å². The van der Waals surface area contributed by atoms with Crippen LogP contribution in [0.15, 0.2) is 41.0 Å². The maximum atomic E-state index is 13.4. The van der Waals surface area contributed by atoms with Gasteiger partial charge >= 0.3 is 6.18 Å². The maximum absolute atomic E-state index is 13.4. The van der Waals surface area contributed by atoms with E-state index in [4.69, 9.17) is 0 Å². The zero-order valence-electron chi connectivity index (χ0n) is 12.1. The van der Waals surface area contributed by atoms with Crippen LogP contribution < -0.4 is 0 Å². The number of halogens is 4. The first kappa shape index (κ1) is 15.6. The number of pyridine rings is 1. The van der Waals surface area contributed by atoms with Gasteiger partial charge in [0.1, 0.15) is 22.0 Å². The molecule has 1 N–H and O–H groups in total. The lowest BCUT2D eigenvalue weighted by Gasteiger charge is -2.19. The first-order valence-electron chi connectivity index (χ1n) is 7.25. The molecule has 0 spiro atoms. The monoisotopic (exact) mass is 397 g/mol. The molecule has 4 rings (SSSR count). The lowest BCUT2D eigenvalue weighted by molar-refractivity contribution is -0.138. The minimum atomic E-state index is -4.46. The maximum Gasteiger partial charge on any atom is 0.416 e. The average Bonchev–Trinajstić information content (AvgIpc) is 3.04. The van der Waals surface area contributed by atoms with Gasteiger partial charge in [0.25, 0.3) is 0 Å². The van der Waals surface area contributed by atoms with Crippen molar-refractivity contribution in [3.05, 3.63) is 58.0 Å². The van der Waals surface area contributed by atoms with Crippen molar-refractivity contribution in [2.24, 2.45) is 0 Å². The second-order valence-electron chi connectivity index (χ2n) is 5.67. The highest BCUT2D eigenvalue weighted by Crippen LogP contribution is 2.44. The molecule has 8 heteroatoms. The summed E-state index contributed by atoms with van der Waals surface area (Å²) in [6.07, 6.45) is -5.25. The van der Waals surface area contributed by atoms with E-state index in [2.05, 4.69) is 25.9 Å². The second kappa shape index (κ2) is 5.29. The molecule has 3 heterocycles. The minimum absolute atomic E-state index is 0.115. The third-order valence-electron chi connectivity index (χ3n) is 4.21. The van der Waals surface area contributed by atoms with E-state index in [1.165, 1.54) is 12.1 Å². The highest BCUT2D eigenvalue weighted by molar-refractivity contribution is 9.10. The van der Waals surface area contributed by atoms with Crippen molar-refractivity contribution in [3.63, 3.8) is 0 Å². The molecule has 1 aliphatic heterocycles. The van der Waals surface area contributed by atoms with Crippen LogP contribution in [0.3, 0.4) is 0 Å². The van der Waals surface area contributed by atoms with E-state index in [1.807, 2.05) is 0 Å². The SMILES string of the molecule is OC1CC(c2ccccc2C(F)(F)F)n2c1nc1ccc(Br)nc12. The molecule has 0 saturated carbocycles. The third-order valence-corrected chi connectivity index (χ3v) is 4.65. The standard InChI is InChI=1S/C16H11BrF3N3O/c17-13-6-5-10-14(22-13)23-11(7-12(24)15(23)21-10)8-3-1-2-4-9(8)16(18,19)20/h1-6,11-12,24H,7H2. The largest absolute Gasteiger partial charge is 0.416 e. The van der Waals surface area contributed by atoms with Crippen molar-refractivity contribution in [1.29, 1.82) is 0 Å². The molecule has 0 aliphatic carbocycles. The Morgan fingerprint density at radius 3 is 2.62 bits per heavy atom. The summed E-state index contributed by atoms with van der Waals surface area (Å²) >= 11 is 3.27. The Labute approximate surface area is 143 Å². The zero-order valence-corrected chi connectivity index (χ0v) is 13.7. The van der Waals surface area contributed by atoms with E-state index >= 15 is 0 Å². The van der Waals surface area contributed by atoms with Gasteiger partial charge in [0.2, 0.25) is 0 Å². The Kier molecular flexibility index (Phi) is 3.43. The summed E-state index contributed by atoms with van der Waals surface area (Å²) in [5, 5.41) is 10.3. The number of aliphatic hydroxyl groups excluding tert-OH is 1. The zero-order chi connectivity index (χ0) is 17.1. The Morgan fingerprint density at radius 1 is 1.12 bits per heavy atom. The first-order chi connectivity index (χ1) is 11.4. The lowest BCUT2D eigenvalue weighted by Crippen LogP contribution is -2.15. The van der Waals surface area contributed by atoms with Crippen LogP contribution in [0.4, 0.5) is 13.2 Å². The summed E-state index contributed by atoms with van der Waals surface area (Å²) in [6, 6.07) is 8.19. The van der Waals surface area contributed by atoms with Crippen molar-refractivity contribution in [1.82, 2.24) is 14.5 Å². The average molecular weight is 398 g/mol. The molecule has 0 radical (unpaired) electrons. The molecule has 0 bridgehead atoms. The van der Waals surface area contributed by atoms with Gasteiger partial charge in [-0.05, 0) is 39.7 Å². The fourth-order valence-corrected chi connectivity index (χ4v) is 3.54. The lowest BCUT2D eigenvalue weighted by atomic mass is 9.97. The van der Waals surface area contributed by atoms with Gasteiger partial charge in [-0.2, -0.15) is 13.2 Å². The van der Waals surface area contributed by atoms with Gasteiger partial charge in [0.05, 0.1) is 11.6 Å². The van der Waals surface area contributed by atoms with Crippen molar-refractivity contribution in [2.75, 3.05) is 0 Å². The number of alkyl halides is 3. The van der Waals surface area contributed by atoms with Crippen molar-refractivity contribution < 1.29 is 18.3 Å². The fourth-order valence-electron chi connectivity index (χ4n) is 3.24. The Bertz CT molecular complexity index is 938. The third kappa shape index (κ3) is 2.32. The van der Waals surface area contributed by atoms with Gasteiger partial charge in [0.15, 0.2) is 5.65 Å². The minimum Gasteiger partial charge on any atom is -0.385 e. The molecule has 0 saturated heterocycles. The van der Waals surface area contributed by atoms with E-state index in [-0.39, 0.29) is 12.0 Å². The highest BCUT2D eigenvalue weighted by Gasteiger charge is 2.40. The number of aliphatic hydroxyl groups is 1. The molecular weight excluding hydrogens is 387 g/mol. The molecule has 2 unspecified atom stereocenters. The number of fused-ring (bicyclic) bond motifs is 3. The number of benzene rings is 1. The number of imidazole rings is 1. The fraction of sp³-hybridized carbons (Fsp3) is 0.250. The van der Waals surface area contributed by atoms with Crippen LogP contribution in [0, 0.1) is 0 Å². The van der Waals surface area contributed by atoms with Gasteiger partial charge in [-0.1, -0.05) is 18.2 Å². The first-order valence-corrected chi connectivity index (χ1v) is 8.04. The van der Waals surface area contributed by atoms with E-state index in [9.17, 15) is 18.3 Å². The summed E-state index contributed by atoms with van der Waals surface area (Å²) in [4.78, 5) is 8.67. The Hall–Kier alpha value is -1.93. The van der Waals surface area contributed by atoms with Crippen LogP contribution in [0.1, 0.15) is 35.5 Å². The van der Waals surface area contributed by atoms with Crippen LogP contribution in [-0.4, -0.2) is 19.6 Å². The number of hydrogen-bond donors (Lipinski definition) is 1. The molecule has 3 aromatic rings. The predicted octanol–water partition coefficient (Wildman–Crippen LogP) is 4.24. The number of nitrogens with zero attached hydrogens (tertiary/aromatic N) is 3. The van der Waals surface area contributed by atoms with E-state index < -0.39 is 23.9 Å². The van der Waals surface area contributed by atoms with E-state index in [1.54, 1.807) is 22.8 Å². The molecule has 0 amide bonds. The van der Waals surface area contributed by atoms with Gasteiger partial charge in [-0.3, -0.25) is 0 Å². The Morgan fingerprint density at radius 2 is 1.88 bits per heavy atom.